The number of thiophene rings is 1. The van der Waals surface area contributed by atoms with E-state index in [2.05, 4.69) is 0 Å². The van der Waals surface area contributed by atoms with E-state index < -0.39 is 6.10 Å². The van der Waals surface area contributed by atoms with Crippen LogP contribution in [0.1, 0.15) is 15.2 Å². The van der Waals surface area contributed by atoms with Crippen LogP contribution < -0.4 is 0 Å². The first-order valence-corrected chi connectivity index (χ1v) is 7.37. The summed E-state index contributed by atoms with van der Waals surface area (Å²) >= 11 is 1.27. The van der Waals surface area contributed by atoms with Gasteiger partial charge in [-0.1, -0.05) is 6.07 Å². The minimum Gasteiger partial charge on any atom is -0.389 e. The van der Waals surface area contributed by atoms with Crippen LogP contribution in [-0.2, 0) is 4.74 Å². The van der Waals surface area contributed by atoms with Gasteiger partial charge in [-0.15, -0.1) is 11.3 Å². The molecular weight excluding hydrogens is 293 g/mol. The Morgan fingerprint density at radius 2 is 2.24 bits per heavy atom. The number of aryl methyl sites for hydroxylation is 1. The number of aliphatic hydroxyl groups is 1. The highest BCUT2D eigenvalue weighted by molar-refractivity contribution is 7.21. The predicted molar refractivity (Wildman–Crippen MR) is 81.4 cm³/mol. The second kappa shape index (κ2) is 6.51. The van der Waals surface area contributed by atoms with Crippen molar-refractivity contribution in [2.75, 3.05) is 27.3 Å². The zero-order valence-electron chi connectivity index (χ0n) is 12.2. The van der Waals surface area contributed by atoms with E-state index in [0.717, 1.165) is 4.70 Å². The van der Waals surface area contributed by atoms with Crippen molar-refractivity contribution in [3.8, 4) is 0 Å². The molecule has 0 aliphatic carbocycles. The summed E-state index contributed by atoms with van der Waals surface area (Å²) in [5.74, 6) is -0.536. The average molecular weight is 311 g/mol. The molecular formula is C15H18FNO3S. The number of nitrogens with zero attached hydrogens (tertiary/aromatic N) is 1. The Morgan fingerprint density at radius 1 is 1.52 bits per heavy atom. The van der Waals surface area contributed by atoms with Crippen LogP contribution in [-0.4, -0.2) is 49.3 Å². The van der Waals surface area contributed by atoms with Crippen molar-refractivity contribution in [3.05, 3.63) is 34.5 Å². The van der Waals surface area contributed by atoms with Crippen LogP contribution in [0.3, 0.4) is 0 Å². The summed E-state index contributed by atoms with van der Waals surface area (Å²) in [6.07, 6.45) is -0.740. The molecule has 1 aromatic heterocycles. The monoisotopic (exact) mass is 311 g/mol. The maximum absolute atomic E-state index is 13.9. The molecule has 1 N–H and O–H groups in total. The molecule has 0 aliphatic heterocycles. The molecule has 1 heterocycles. The Labute approximate surface area is 126 Å². The molecule has 114 valence electrons. The fourth-order valence-electron chi connectivity index (χ4n) is 2.27. The summed E-state index contributed by atoms with van der Waals surface area (Å²) in [5, 5.41) is 10.2. The second-order valence-electron chi connectivity index (χ2n) is 4.96. The van der Waals surface area contributed by atoms with Gasteiger partial charge in [-0.25, -0.2) is 4.39 Å². The van der Waals surface area contributed by atoms with Gasteiger partial charge in [-0.05, 0) is 24.6 Å². The lowest BCUT2D eigenvalue weighted by Crippen LogP contribution is -2.36. The Hall–Kier alpha value is -1.50. The smallest absolute Gasteiger partial charge is 0.264 e. The van der Waals surface area contributed by atoms with E-state index in [1.165, 1.54) is 29.4 Å². The number of ether oxygens (including phenoxy) is 1. The van der Waals surface area contributed by atoms with Gasteiger partial charge in [0, 0.05) is 30.8 Å². The van der Waals surface area contributed by atoms with Gasteiger partial charge in [0.1, 0.15) is 5.82 Å². The molecule has 0 bridgehead atoms. The van der Waals surface area contributed by atoms with Crippen molar-refractivity contribution in [2.45, 2.75) is 13.0 Å². The Morgan fingerprint density at radius 3 is 2.86 bits per heavy atom. The first-order valence-electron chi connectivity index (χ1n) is 6.55. The first kappa shape index (κ1) is 15.9. The minimum atomic E-state index is -0.740. The second-order valence-corrected chi connectivity index (χ2v) is 6.02. The molecule has 2 rings (SSSR count). The van der Waals surface area contributed by atoms with Gasteiger partial charge in [0.2, 0.25) is 0 Å². The molecule has 0 saturated carbocycles. The highest BCUT2D eigenvalue weighted by atomic mass is 32.1. The number of amides is 1. The lowest BCUT2D eigenvalue weighted by molar-refractivity contribution is 0.0382. The molecule has 1 atom stereocenters. The predicted octanol–water partition coefficient (Wildman–Crippen LogP) is 2.43. The van der Waals surface area contributed by atoms with Gasteiger partial charge in [0.25, 0.3) is 5.91 Å². The van der Waals surface area contributed by atoms with E-state index in [1.54, 1.807) is 26.1 Å². The van der Waals surface area contributed by atoms with Crippen LogP contribution in [0.2, 0.25) is 0 Å². The van der Waals surface area contributed by atoms with Crippen LogP contribution in [0.4, 0.5) is 4.39 Å². The molecule has 0 saturated heterocycles. The fourth-order valence-corrected chi connectivity index (χ4v) is 3.49. The number of hydrogen-bond donors (Lipinski definition) is 1. The van der Waals surface area contributed by atoms with E-state index >= 15 is 0 Å². The van der Waals surface area contributed by atoms with Gasteiger partial charge in [0.05, 0.1) is 17.6 Å². The summed E-state index contributed by atoms with van der Waals surface area (Å²) in [7, 11) is 3.10. The van der Waals surface area contributed by atoms with E-state index in [1.807, 2.05) is 0 Å². The fraction of sp³-hybridized carbons (Fsp3) is 0.400. The highest BCUT2D eigenvalue weighted by Crippen LogP contribution is 2.33. The van der Waals surface area contributed by atoms with Crippen LogP contribution in [0, 0.1) is 12.7 Å². The molecule has 0 spiro atoms. The largest absolute Gasteiger partial charge is 0.389 e. The third-order valence-corrected chi connectivity index (χ3v) is 4.53. The maximum Gasteiger partial charge on any atom is 0.264 e. The number of carbonyl (C=O) groups excluding carboxylic acids is 1. The maximum atomic E-state index is 13.9. The van der Waals surface area contributed by atoms with Crippen molar-refractivity contribution in [1.29, 1.82) is 0 Å². The van der Waals surface area contributed by atoms with E-state index in [9.17, 15) is 14.3 Å². The number of benzene rings is 1. The number of halogens is 1. The summed E-state index contributed by atoms with van der Waals surface area (Å²) in [6, 6.07) is 4.82. The normalized spacial score (nSPS) is 12.6. The summed E-state index contributed by atoms with van der Waals surface area (Å²) < 4.78 is 19.5. The molecule has 0 aliphatic rings. The third kappa shape index (κ3) is 3.23. The molecule has 0 unspecified atom stereocenters. The number of rotatable bonds is 5. The van der Waals surface area contributed by atoms with Crippen molar-refractivity contribution in [2.24, 2.45) is 0 Å². The molecule has 1 aromatic carbocycles. The zero-order chi connectivity index (χ0) is 15.6. The average Bonchev–Trinajstić information content (AvgIpc) is 2.76. The molecule has 0 fully saturated rings. The van der Waals surface area contributed by atoms with Crippen molar-refractivity contribution in [3.63, 3.8) is 0 Å². The molecule has 2 aromatic rings. The number of carbonyl (C=O) groups is 1. The van der Waals surface area contributed by atoms with E-state index in [-0.39, 0.29) is 24.9 Å². The van der Waals surface area contributed by atoms with Crippen molar-refractivity contribution < 1.29 is 19.0 Å². The molecule has 0 radical (unpaired) electrons. The molecule has 4 nitrogen and oxygen atoms in total. The lowest BCUT2D eigenvalue weighted by Gasteiger charge is -2.20. The van der Waals surface area contributed by atoms with E-state index in [0.29, 0.717) is 15.8 Å². The molecule has 6 heteroatoms. The number of likely N-dealkylation sites (N-methyl/N-ethyl adjacent to an activating group) is 1. The van der Waals surface area contributed by atoms with Crippen molar-refractivity contribution >= 4 is 27.3 Å². The van der Waals surface area contributed by atoms with Crippen LogP contribution in [0.5, 0.6) is 0 Å². The summed E-state index contributed by atoms with van der Waals surface area (Å²) in [5.41, 5.74) is 0.645. The van der Waals surface area contributed by atoms with Gasteiger partial charge >= 0.3 is 0 Å². The Balaban J connectivity index is 2.27. The lowest BCUT2D eigenvalue weighted by atomic mass is 10.1. The van der Waals surface area contributed by atoms with Crippen LogP contribution in [0.15, 0.2) is 18.2 Å². The van der Waals surface area contributed by atoms with Crippen LogP contribution >= 0.6 is 11.3 Å². The SMILES string of the molecule is COC[C@@H](O)CN(C)C(=O)c1sc2cccc(F)c2c1C. The first-order chi connectivity index (χ1) is 9.95. The quantitative estimate of drug-likeness (QED) is 0.922. The molecule has 21 heavy (non-hydrogen) atoms. The topological polar surface area (TPSA) is 49.8 Å². The van der Waals surface area contributed by atoms with Gasteiger partial charge in [-0.2, -0.15) is 0 Å². The standard InChI is InChI=1S/C15H18FNO3S/c1-9-13-11(16)5-4-6-12(13)21-14(9)15(19)17(2)7-10(18)8-20-3/h4-6,10,18H,7-8H2,1-3H3/t10-/m0/s1. The molecule has 1 amide bonds. The number of fused-ring (bicyclic) bond motifs is 1. The highest BCUT2D eigenvalue weighted by Gasteiger charge is 2.22. The third-order valence-electron chi connectivity index (χ3n) is 3.29. The van der Waals surface area contributed by atoms with Gasteiger partial charge < -0.3 is 14.7 Å². The minimum absolute atomic E-state index is 0.164. The van der Waals surface area contributed by atoms with Crippen LogP contribution in [0.25, 0.3) is 10.1 Å². The van der Waals surface area contributed by atoms with Gasteiger partial charge in [0.15, 0.2) is 0 Å². The summed E-state index contributed by atoms with van der Waals surface area (Å²) in [6.45, 7) is 2.08. The van der Waals surface area contributed by atoms with Gasteiger partial charge in [-0.3, -0.25) is 4.79 Å². The number of hydrogen-bond acceptors (Lipinski definition) is 4. The Kier molecular flexibility index (Phi) is 4.92. The number of aliphatic hydroxyl groups excluding tert-OH is 1. The number of methoxy groups -OCH3 is 1. The summed E-state index contributed by atoms with van der Waals surface area (Å²) in [4.78, 5) is 14.4. The zero-order valence-corrected chi connectivity index (χ0v) is 13.0. The Bertz CT molecular complexity index is 656. The van der Waals surface area contributed by atoms with E-state index in [4.69, 9.17) is 4.74 Å². The van der Waals surface area contributed by atoms with Crippen molar-refractivity contribution in [1.82, 2.24) is 4.90 Å².